The highest BCUT2D eigenvalue weighted by Crippen LogP contribution is 2.33. The van der Waals surface area contributed by atoms with Gasteiger partial charge in [-0.25, -0.2) is 4.98 Å². The largest absolute Gasteiger partial charge is 0.339 e. The molecule has 1 atom stereocenters. The van der Waals surface area contributed by atoms with Gasteiger partial charge in [-0.1, -0.05) is 0 Å². The third kappa shape index (κ3) is 3.39. The lowest BCUT2D eigenvalue weighted by atomic mass is 9.79. The van der Waals surface area contributed by atoms with Crippen molar-refractivity contribution in [2.75, 3.05) is 5.32 Å². The maximum Gasteiger partial charge on any atom is 0.227 e. The summed E-state index contributed by atoms with van der Waals surface area (Å²) in [5.74, 6) is 0.729. The lowest BCUT2D eigenvalue weighted by molar-refractivity contribution is -0.121. The van der Waals surface area contributed by atoms with Gasteiger partial charge < -0.3 is 16.0 Å². The van der Waals surface area contributed by atoms with Crippen LogP contribution < -0.4 is 11.1 Å². The number of carbonyl (C=O) groups is 1. The van der Waals surface area contributed by atoms with Crippen molar-refractivity contribution >= 4 is 34.0 Å². The van der Waals surface area contributed by atoms with Gasteiger partial charge in [0.15, 0.2) is 0 Å². The number of nitrogens with one attached hydrogen (secondary N) is 2. The van der Waals surface area contributed by atoms with Gasteiger partial charge in [0, 0.05) is 40.2 Å². The van der Waals surface area contributed by atoms with Gasteiger partial charge in [0.25, 0.3) is 0 Å². The molecule has 3 aromatic rings. The Kier molecular flexibility index (Phi) is 4.78. The van der Waals surface area contributed by atoms with E-state index in [4.69, 9.17) is 5.73 Å². The minimum Gasteiger partial charge on any atom is -0.339 e. The lowest BCUT2D eigenvalue weighted by Crippen LogP contribution is -2.33. The summed E-state index contributed by atoms with van der Waals surface area (Å²) in [5, 5.41) is 8.23. The zero-order valence-electron chi connectivity index (χ0n) is 14.9. The molecule has 3 heterocycles. The number of aromatic amines is 1. The zero-order chi connectivity index (χ0) is 18.1. The van der Waals surface area contributed by atoms with E-state index in [1.54, 1.807) is 17.5 Å². The number of rotatable bonds is 4. The molecule has 0 saturated heterocycles. The minimum absolute atomic E-state index is 0.0727. The first-order valence-corrected chi connectivity index (χ1v) is 10.1. The quantitative estimate of drug-likeness (QED) is 0.639. The van der Waals surface area contributed by atoms with E-state index in [0.717, 1.165) is 53.7 Å². The summed E-state index contributed by atoms with van der Waals surface area (Å²) in [4.78, 5) is 20.5. The van der Waals surface area contributed by atoms with Gasteiger partial charge in [-0.3, -0.25) is 4.79 Å². The minimum atomic E-state index is 0.0727. The summed E-state index contributed by atoms with van der Waals surface area (Å²) < 4.78 is 0. The Morgan fingerprint density at radius 3 is 2.85 bits per heavy atom. The highest BCUT2D eigenvalue weighted by molar-refractivity contribution is 7.08. The molecule has 0 bridgehead atoms. The van der Waals surface area contributed by atoms with Crippen LogP contribution in [0.1, 0.15) is 32.6 Å². The smallest absolute Gasteiger partial charge is 0.227 e. The summed E-state index contributed by atoms with van der Waals surface area (Å²) in [7, 11) is 0. The van der Waals surface area contributed by atoms with Crippen molar-refractivity contribution in [3.05, 3.63) is 35.2 Å². The molecule has 4 N–H and O–H groups in total. The number of nitrogens with zero attached hydrogens (tertiary/aromatic N) is 1. The van der Waals surface area contributed by atoms with Gasteiger partial charge in [-0.05, 0) is 62.1 Å². The number of aromatic nitrogens is 2. The average molecular weight is 369 g/mol. The molecule has 0 aromatic carbocycles. The van der Waals surface area contributed by atoms with Gasteiger partial charge in [0.1, 0.15) is 5.65 Å². The Bertz CT molecular complexity index is 892. The predicted octanol–water partition coefficient (Wildman–Crippen LogP) is 4.38. The van der Waals surface area contributed by atoms with Gasteiger partial charge in [-0.15, -0.1) is 0 Å². The van der Waals surface area contributed by atoms with Crippen molar-refractivity contribution < 1.29 is 4.79 Å². The molecule has 5 nitrogen and oxygen atoms in total. The van der Waals surface area contributed by atoms with E-state index in [9.17, 15) is 4.79 Å². The molecule has 0 unspecified atom stereocenters. The van der Waals surface area contributed by atoms with Crippen molar-refractivity contribution in [1.29, 1.82) is 0 Å². The molecular weight excluding hydrogens is 344 g/mol. The number of hydrogen-bond acceptors (Lipinski definition) is 4. The number of hydrogen-bond donors (Lipinski definition) is 3. The van der Waals surface area contributed by atoms with Gasteiger partial charge in [-0.2, -0.15) is 11.3 Å². The molecule has 0 radical (unpaired) electrons. The van der Waals surface area contributed by atoms with E-state index in [0.29, 0.717) is 5.92 Å². The molecule has 136 valence electrons. The van der Waals surface area contributed by atoms with Crippen molar-refractivity contribution in [2.24, 2.45) is 17.6 Å². The summed E-state index contributed by atoms with van der Waals surface area (Å²) in [6.45, 7) is 2.07. The van der Waals surface area contributed by atoms with Crippen molar-refractivity contribution in [3.63, 3.8) is 0 Å². The number of fused-ring (bicyclic) bond motifs is 1. The first kappa shape index (κ1) is 17.2. The summed E-state index contributed by atoms with van der Waals surface area (Å²) in [5.41, 5.74) is 9.79. The van der Waals surface area contributed by atoms with Gasteiger partial charge in [0.2, 0.25) is 5.91 Å². The fraction of sp³-hybridized carbons (Fsp3) is 0.400. The second-order valence-corrected chi connectivity index (χ2v) is 8.06. The third-order valence-corrected chi connectivity index (χ3v) is 6.19. The fourth-order valence-electron chi connectivity index (χ4n) is 3.85. The maximum atomic E-state index is 12.8. The Balaban J connectivity index is 1.51. The van der Waals surface area contributed by atoms with Crippen molar-refractivity contribution in [2.45, 2.75) is 38.6 Å². The molecule has 4 rings (SSSR count). The van der Waals surface area contributed by atoms with Crippen molar-refractivity contribution in [3.8, 4) is 11.3 Å². The molecule has 1 saturated carbocycles. The molecule has 3 aromatic heterocycles. The Morgan fingerprint density at radius 1 is 1.35 bits per heavy atom. The Hall–Kier alpha value is -2.18. The van der Waals surface area contributed by atoms with Crippen LogP contribution >= 0.6 is 11.3 Å². The van der Waals surface area contributed by atoms with E-state index in [2.05, 4.69) is 45.1 Å². The number of H-pyrrole nitrogens is 1. The van der Waals surface area contributed by atoms with Crippen LogP contribution in [0.4, 0.5) is 5.69 Å². The average Bonchev–Trinajstić information content (AvgIpc) is 3.31. The topological polar surface area (TPSA) is 83.8 Å². The van der Waals surface area contributed by atoms with E-state index < -0.39 is 0 Å². The van der Waals surface area contributed by atoms with Crippen molar-refractivity contribution in [1.82, 2.24) is 9.97 Å². The van der Waals surface area contributed by atoms with Crippen LogP contribution in [0.5, 0.6) is 0 Å². The molecule has 0 spiro atoms. The predicted molar refractivity (Wildman–Crippen MR) is 107 cm³/mol. The number of anilines is 1. The molecule has 1 amide bonds. The Labute approximate surface area is 157 Å². The molecule has 1 aliphatic carbocycles. The Morgan fingerprint density at radius 2 is 2.15 bits per heavy atom. The summed E-state index contributed by atoms with van der Waals surface area (Å²) in [6.07, 6.45) is 5.64. The van der Waals surface area contributed by atoms with E-state index >= 15 is 0 Å². The second-order valence-electron chi connectivity index (χ2n) is 7.28. The first-order valence-electron chi connectivity index (χ1n) is 9.18. The van der Waals surface area contributed by atoms with Crippen LogP contribution in [0.3, 0.4) is 0 Å². The number of nitrogens with two attached hydrogens (primary N) is 1. The fourth-order valence-corrected chi connectivity index (χ4v) is 4.51. The number of pyridine rings is 1. The van der Waals surface area contributed by atoms with Crippen LogP contribution in [0.25, 0.3) is 22.3 Å². The highest BCUT2D eigenvalue weighted by Gasteiger charge is 2.28. The monoisotopic (exact) mass is 368 g/mol. The van der Waals surface area contributed by atoms with Crippen LogP contribution in [-0.4, -0.2) is 21.9 Å². The SMILES string of the molecule is C[C@H](N)C1CCC(C(=O)Nc2ccnc3[nH]c(-c4ccsc4)cc23)CC1. The maximum absolute atomic E-state index is 12.8. The molecule has 1 fully saturated rings. The lowest BCUT2D eigenvalue weighted by Gasteiger charge is -2.30. The molecule has 0 aliphatic heterocycles. The van der Waals surface area contributed by atoms with E-state index in [1.807, 2.05) is 6.07 Å². The van der Waals surface area contributed by atoms with Gasteiger partial charge in [0.05, 0.1) is 5.69 Å². The van der Waals surface area contributed by atoms with Crippen LogP contribution in [0.15, 0.2) is 35.2 Å². The van der Waals surface area contributed by atoms with E-state index in [-0.39, 0.29) is 17.9 Å². The normalized spacial score (nSPS) is 21.6. The number of carbonyl (C=O) groups excluding carboxylic acids is 1. The second kappa shape index (κ2) is 7.21. The number of amides is 1. The van der Waals surface area contributed by atoms with E-state index in [1.165, 1.54) is 0 Å². The zero-order valence-corrected chi connectivity index (χ0v) is 15.7. The van der Waals surface area contributed by atoms with Crippen LogP contribution in [0.2, 0.25) is 0 Å². The first-order chi connectivity index (χ1) is 12.6. The highest BCUT2D eigenvalue weighted by atomic mass is 32.1. The standard InChI is InChI=1S/C20H24N4OS/c1-12(21)13-2-4-14(5-3-13)20(25)24-17-6-8-22-19-16(17)10-18(23-19)15-7-9-26-11-15/h6-14H,2-5,21H2,1H3,(H2,22,23,24,25)/t12-,13?,14?/m0/s1. The van der Waals surface area contributed by atoms with Gasteiger partial charge >= 0.3 is 0 Å². The summed E-state index contributed by atoms with van der Waals surface area (Å²) in [6, 6.07) is 6.23. The third-order valence-electron chi connectivity index (χ3n) is 5.51. The van der Waals surface area contributed by atoms with Crippen LogP contribution in [0, 0.1) is 11.8 Å². The molecule has 1 aliphatic rings. The molecular formula is C20H24N4OS. The summed E-state index contributed by atoms with van der Waals surface area (Å²) >= 11 is 1.66. The molecule has 6 heteroatoms. The number of thiophene rings is 1. The van der Waals surface area contributed by atoms with Crippen LogP contribution in [-0.2, 0) is 4.79 Å². The molecule has 26 heavy (non-hydrogen) atoms.